The first-order valence-electron chi connectivity index (χ1n) is 6.12. The van der Waals surface area contributed by atoms with Gasteiger partial charge in [0.2, 0.25) is 5.91 Å². The Morgan fingerprint density at radius 2 is 1.95 bits per heavy atom. The number of halogens is 3. The average Bonchev–Trinajstić information content (AvgIpc) is 2.43. The number of piperidine rings is 1. The van der Waals surface area contributed by atoms with Gasteiger partial charge in [-0.25, -0.2) is 13.2 Å². The molecule has 1 aromatic carbocycles. The first-order valence-corrected chi connectivity index (χ1v) is 6.12. The highest BCUT2D eigenvalue weighted by Crippen LogP contribution is 2.29. The van der Waals surface area contributed by atoms with E-state index >= 15 is 0 Å². The van der Waals surface area contributed by atoms with Crippen LogP contribution in [-0.2, 0) is 4.79 Å². The van der Waals surface area contributed by atoms with Crippen molar-refractivity contribution in [3.63, 3.8) is 0 Å². The molecule has 1 fully saturated rings. The summed E-state index contributed by atoms with van der Waals surface area (Å²) in [6, 6.07) is 1.63. The van der Waals surface area contributed by atoms with Crippen LogP contribution in [0, 0.1) is 17.5 Å². The monoisotopic (exact) mass is 272 g/mol. The molecule has 1 aliphatic rings. The van der Waals surface area contributed by atoms with Crippen molar-refractivity contribution >= 4 is 5.91 Å². The maximum absolute atomic E-state index is 13.2. The summed E-state index contributed by atoms with van der Waals surface area (Å²) in [4.78, 5) is 11.5. The van der Waals surface area contributed by atoms with Crippen molar-refractivity contribution < 1.29 is 18.0 Å². The normalized spacial score (nSPS) is 23.2. The van der Waals surface area contributed by atoms with Gasteiger partial charge in [-0.05, 0) is 43.0 Å². The van der Waals surface area contributed by atoms with Crippen LogP contribution in [0.15, 0.2) is 12.1 Å². The molecular weight excluding hydrogens is 257 g/mol. The fourth-order valence-corrected chi connectivity index (χ4v) is 2.41. The molecule has 1 heterocycles. The molecule has 19 heavy (non-hydrogen) atoms. The second kappa shape index (κ2) is 5.61. The Bertz CT molecular complexity index is 470. The van der Waals surface area contributed by atoms with Crippen LogP contribution in [0.5, 0.6) is 0 Å². The summed E-state index contributed by atoms with van der Waals surface area (Å²) in [6.45, 7) is 0.573. The lowest BCUT2D eigenvalue weighted by Gasteiger charge is -2.29. The quantitative estimate of drug-likeness (QED) is 0.804. The number of hydrogen-bond donors (Lipinski definition) is 2. The lowest BCUT2D eigenvalue weighted by atomic mass is 9.86. The Balaban J connectivity index is 2.20. The third kappa shape index (κ3) is 2.89. The molecule has 2 rings (SSSR count). The minimum atomic E-state index is -1.46. The third-order valence-electron chi connectivity index (χ3n) is 3.44. The van der Waals surface area contributed by atoms with Gasteiger partial charge in [0, 0.05) is 7.05 Å². The van der Waals surface area contributed by atoms with Crippen LogP contribution in [0.2, 0.25) is 0 Å². The summed E-state index contributed by atoms with van der Waals surface area (Å²) in [5.74, 6) is -4.16. The third-order valence-corrected chi connectivity index (χ3v) is 3.44. The first-order chi connectivity index (χ1) is 9.02. The Labute approximate surface area is 109 Å². The van der Waals surface area contributed by atoms with Gasteiger partial charge in [0.25, 0.3) is 0 Å². The van der Waals surface area contributed by atoms with Gasteiger partial charge < -0.3 is 10.6 Å². The van der Waals surface area contributed by atoms with E-state index in [9.17, 15) is 18.0 Å². The SMILES string of the molecule is CNC(=O)C1CC(c2cc(F)c(F)c(F)c2)CCN1. The molecule has 2 unspecified atom stereocenters. The van der Waals surface area contributed by atoms with Gasteiger partial charge in [0.05, 0.1) is 6.04 Å². The summed E-state index contributed by atoms with van der Waals surface area (Å²) in [5, 5.41) is 5.57. The molecule has 2 atom stereocenters. The molecule has 0 bridgehead atoms. The van der Waals surface area contributed by atoms with Crippen molar-refractivity contribution in [3.8, 4) is 0 Å². The van der Waals surface area contributed by atoms with Gasteiger partial charge in [-0.15, -0.1) is 0 Å². The van der Waals surface area contributed by atoms with Crippen LogP contribution in [-0.4, -0.2) is 25.5 Å². The second-order valence-electron chi connectivity index (χ2n) is 4.64. The molecule has 0 saturated carbocycles. The lowest BCUT2D eigenvalue weighted by Crippen LogP contribution is -2.47. The number of carbonyl (C=O) groups is 1. The predicted octanol–water partition coefficient (Wildman–Crippen LogP) is 1.69. The molecule has 2 N–H and O–H groups in total. The van der Waals surface area contributed by atoms with Crippen LogP contribution in [0.25, 0.3) is 0 Å². The van der Waals surface area contributed by atoms with E-state index in [1.165, 1.54) is 7.05 Å². The minimum Gasteiger partial charge on any atom is -0.358 e. The van der Waals surface area contributed by atoms with Crippen LogP contribution in [0.1, 0.15) is 24.3 Å². The van der Waals surface area contributed by atoms with Crippen LogP contribution in [0.3, 0.4) is 0 Å². The average molecular weight is 272 g/mol. The van der Waals surface area contributed by atoms with Gasteiger partial charge in [0.1, 0.15) is 0 Å². The number of benzene rings is 1. The minimum absolute atomic E-state index is 0.159. The molecule has 104 valence electrons. The van der Waals surface area contributed by atoms with Crippen LogP contribution >= 0.6 is 0 Å². The zero-order chi connectivity index (χ0) is 14.0. The number of carbonyl (C=O) groups excluding carboxylic acids is 1. The molecule has 1 aliphatic heterocycles. The highest BCUT2D eigenvalue weighted by molar-refractivity contribution is 5.81. The summed E-state index contributed by atoms with van der Waals surface area (Å²) < 4.78 is 39.3. The molecule has 3 nitrogen and oxygen atoms in total. The van der Waals surface area contributed by atoms with E-state index in [0.717, 1.165) is 12.1 Å². The summed E-state index contributed by atoms with van der Waals surface area (Å²) in [6.07, 6.45) is 1.09. The van der Waals surface area contributed by atoms with E-state index in [1.807, 2.05) is 0 Å². The number of hydrogen-bond acceptors (Lipinski definition) is 2. The van der Waals surface area contributed by atoms with Crippen molar-refractivity contribution in [1.82, 2.24) is 10.6 Å². The van der Waals surface area contributed by atoms with Gasteiger partial charge in [-0.3, -0.25) is 4.79 Å². The molecule has 0 radical (unpaired) electrons. The van der Waals surface area contributed by atoms with E-state index in [2.05, 4.69) is 10.6 Å². The Morgan fingerprint density at radius 3 is 2.53 bits per heavy atom. The van der Waals surface area contributed by atoms with Crippen molar-refractivity contribution in [1.29, 1.82) is 0 Å². The predicted molar refractivity (Wildman–Crippen MR) is 64.1 cm³/mol. The van der Waals surface area contributed by atoms with E-state index in [-0.39, 0.29) is 17.9 Å². The smallest absolute Gasteiger partial charge is 0.236 e. The highest BCUT2D eigenvalue weighted by atomic mass is 19.2. The fraction of sp³-hybridized carbons (Fsp3) is 0.462. The van der Waals surface area contributed by atoms with Crippen molar-refractivity contribution in [3.05, 3.63) is 35.1 Å². The van der Waals surface area contributed by atoms with Gasteiger partial charge in [-0.1, -0.05) is 0 Å². The van der Waals surface area contributed by atoms with Gasteiger partial charge in [-0.2, -0.15) is 0 Å². The van der Waals surface area contributed by atoms with E-state index < -0.39 is 17.5 Å². The Hall–Kier alpha value is -1.56. The topological polar surface area (TPSA) is 41.1 Å². The molecule has 1 amide bonds. The van der Waals surface area contributed by atoms with Gasteiger partial charge in [0.15, 0.2) is 17.5 Å². The number of amides is 1. The Kier molecular flexibility index (Phi) is 4.09. The summed E-state index contributed by atoms with van der Waals surface area (Å²) in [7, 11) is 1.53. The number of rotatable bonds is 2. The number of likely N-dealkylation sites (N-methyl/N-ethyl adjacent to an activating group) is 1. The van der Waals surface area contributed by atoms with E-state index in [0.29, 0.717) is 24.9 Å². The Morgan fingerprint density at radius 1 is 1.32 bits per heavy atom. The summed E-state index contributed by atoms with van der Waals surface area (Å²) >= 11 is 0. The number of nitrogens with one attached hydrogen (secondary N) is 2. The lowest BCUT2D eigenvalue weighted by molar-refractivity contribution is -0.123. The second-order valence-corrected chi connectivity index (χ2v) is 4.64. The molecule has 1 aromatic rings. The maximum Gasteiger partial charge on any atom is 0.236 e. The highest BCUT2D eigenvalue weighted by Gasteiger charge is 2.28. The standard InChI is InChI=1S/C13H15F3N2O/c1-17-13(19)11-6-7(2-3-18-11)8-4-9(14)12(16)10(15)5-8/h4-5,7,11,18H,2-3,6H2,1H3,(H,17,19). The van der Waals surface area contributed by atoms with Gasteiger partial charge >= 0.3 is 0 Å². The largest absolute Gasteiger partial charge is 0.358 e. The molecule has 0 aromatic heterocycles. The van der Waals surface area contributed by atoms with Crippen LogP contribution < -0.4 is 10.6 Å². The van der Waals surface area contributed by atoms with E-state index in [1.54, 1.807) is 0 Å². The molecular formula is C13H15F3N2O. The van der Waals surface area contributed by atoms with E-state index in [4.69, 9.17) is 0 Å². The van der Waals surface area contributed by atoms with Crippen molar-refractivity contribution in [2.24, 2.45) is 0 Å². The maximum atomic E-state index is 13.2. The van der Waals surface area contributed by atoms with Crippen LogP contribution in [0.4, 0.5) is 13.2 Å². The fourth-order valence-electron chi connectivity index (χ4n) is 2.41. The molecule has 0 spiro atoms. The first kappa shape index (κ1) is 13.9. The summed E-state index contributed by atoms with van der Waals surface area (Å²) in [5.41, 5.74) is 0.395. The zero-order valence-electron chi connectivity index (χ0n) is 10.5. The zero-order valence-corrected chi connectivity index (χ0v) is 10.5. The molecule has 1 saturated heterocycles. The molecule has 6 heteroatoms. The van der Waals surface area contributed by atoms with Crippen molar-refractivity contribution in [2.45, 2.75) is 24.8 Å². The van der Waals surface area contributed by atoms with Crippen molar-refractivity contribution in [2.75, 3.05) is 13.6 Å². The molecule has 0 aliphatic carbocycles.